The summed E-state index contributed by atoms with van der Waals surface area (Å²) in [6, 6.07) is 5.90. The summed E-state index contributed by atoms with van der Waals surface area (Å²) in [6.07, 6.45) is 1.18. The van der Waals surface area contributed by atoms with Crippen LogP contribution in [-0.2, 0) is 6.54 Å². The first-order valence-electron chi connectivity index (χ1n) is 5.98. The number of hydrogen-bond acceptors (Lipinski definition) is 2. The summed E-state index contributed by atoms with van der Waals surface area (Å²) in [5, 5.41) is 1.53. The molecule has 0 spiro atoms. The van der Waals surface area contributed by atoms with Crippen LogP contribution in [0.4, 0.5) is 0 Å². The highest BCUT2D eigenvalue weighted by Gasteiger charge is 2.25. The van der Waals surface area contributed by atoms with Gasteiger partial charge in [-0.1, -0.05) is 23.2 Å². The van der Waals surface area contributed by atoms with Crippen LogP contribution in [0.5, 0.6) is 0 Å². The van der Waals surface area contributed by atoms with Gasteiger partial charge in [0.25, 0.3) is 0 Å². The largest absolute Gasteiger partial charge is 0.328 e. The zero-order valence-corrected chi connectivity index (χ0v) is 12.7. The lowest BCUT2D eigenvalue weighted by Crippen LogP contribution is -2.29. The average molecular weight is 310 g/mol. The molecule has 1 aliphatic rings. The Labute approximate surface area is 125 Å². The zero-order valence-electron chi connectivity index (χ0n) is 10.4. The van der Waals surface area contributed by atoms with E-state index in [4.69, 9.17) is 28.9 Å². The molecule has 2 N–H and O–H groups in total. The lowest BCUT2D eigenvalue weighted by molar-refractivity contribution is 0.308. The molecule has 2 nitrogen and oxygen atoms in total. The molecule has 0 amide bonds. The first kappa shape index (κ1) is 16.1. The van der Waals surface area contributed by atoms with Crippen molar-refractivity contribution in [2.75, 3.05) is 13.1 Å². The summed E-state index contributed by atoms with van der Waals surface area (Å²) in [5.74, 6) is 0.605. The molecular weight excluding hydrogens is 291 g/mol. The topological polar surface area (TPSA) is 29.3 Å². The number of likely N-dealkylation sites (tertiary alicyclic amines) is 1. The number of nitrogens with zero attached hydrogens (tertiary/aromatic N) is 1. The third-order valence-corrected chi connectivity index (χ3v) is 4.06. The molecule has 102 valence electrons. The van der Waals surface area contributed by atoms with Crippen molar-refractivity contribution in [3.63, 3.8) is 0 Å². The van der Waals surface area contributed by atoms with Gasteiger partial charge in [0.2, 0.25) is 0 Å². The van der Waals surface area contributed by atoms with Crippen molar-refractivity contribution in [2.24, 2.45) is 11.7 Å². The van der Waals surface area contributed by atoms with Crippen LogP contribution in [0.15, 0.2) is 18.2 Å². The molecule has 1 saturated heterocycles. The van der Waals surface area contributed by atoms with Crippen molar-refractivity contribution < 1.29 is 0 Å². The van der Waals surface area contributed by atoms with Crippen LogP contribution in [-0.4, -0.2) is 24.0 Å². The first-order chi connectivity index (χ1) is 8.06. The molecule has 1 heterocycles. The van der Waals surface area contributed by atoms with Crippen LogP contribution in [0.2, 0.25) is 10.0 Å². The second-order valence-corrected chi connectivity index (χ2v) is 5.72. The van der Waals surface area contributed by atoms with E-state index >= 15 is 0 Å². The summed E-state index contributed by atoms with van der Waals surface area (Å²) in [7, 11) is 0. The predicted octanol–water partition coefficient (Wildman–Crippen LogP) is 3.58. The maximum atomic E-state index is 6.16. The molecule has 1 fully saturated rings. The van der Waals surface area contributed by atoms with E-state index in [1.165, 1.54) is 6.42 Å². The van der Waals surface area contributed by atoms with E-state index < -0.39 is 0 Å². The highest BCUT2D eigenvalue weighted by Crippen LogP contribution is 2.25. The zero-order chi connectivity index (χ0) is 12.4. The highest BCUT2D eigenvalue weighted by molar-refractivity contribution is 6.33. The molecule has 5 heteroatoms. The predicted molar refractivity (Wildman–Crippen MR) is 80.7 cm³/mol. The van der Waals surface area contributed by atoms with Gasteiger partial charge < -0.3 is 5.73 Å². The minimum absolute atomic E-state index is 0. The first-order valence-corrected chi connectivity index (χ1v) is 6.73. The van der Waals surface area contributed by atoms with Crippen molar-refractivity contribution in [2.45, 2.75) is 25.9 Å². The maximum Gasteiger partial charge on any atom is 0.0452 e. The summed E-state index contributed by atoms with van der Waals surface area (Å²) >= 11 is 12.1. The van der Waals surface area contributed by atoms with Gasteiger partial charge in [-0.3, -0.25) is 4.90 Å². The Morgan fingerprint density at radius 1 is 1.44 bits per heavy atom. The molecule has 0 radical (unpaired) electrons. The molecular formula is C13H19Cl3N2. The third-order valence-electron chi connectivity index (χ3n) is 3.45. The van der Waals surface area contributed by atoms with Crippen LogP contribution in [0.3, 0.4) is 0 Å². The van der Waals surface area contributed by atoms with Crippen molar-refractivity contribution in [1.29, 1.82) is 0 Å². The SMILES string of the molecule is CC(N)C1CCN(Cc2cc(Cl)ccc2Cl)C1.Cl. The van der Waals surface area contributed by atoms with Crippen molar-refractivity contribution in [3.05, 3.63) is 33.8 Å². The fourth-order valence-electron chi connectivity index (χ4n) is 2.34. The minimum atomic E-state index is 0. The van der Waals surface area contributed by atoms with Gasteiger partial charge >= 0.3 is 0 Å². The minimum Gasteiger partial charge on any atom is -0.328 e. The molecule has 1 aromatic rings. The van der Waals surface area contributed by atoms with Crippen LogP contribution in [0.1, 0.15) is 18.9 Å². The van der Waals surface area contributed by atoms with E-state index in [1.807, 2.05) is 18.2 Å². The van der Waals surface area contributed by atoms with Gasteiger partial charge in [-0.05, 0) is 49.6 Å². The Balaban J connectivity index is 0.00000162. The molecule has 0 aliphatic carbocycles. The van der Waals surface area contributed by atoms with Crippen LogP contribution in [0, 0.1) is 5.92 Å². The second-order valence-electron chi connectivity index (χ2n) is 4.88. The number of halogens is 3. The van der Waals surface area contributed by atoms with E-state index in [0.29, 0.717) is 5.92 Å². The van der Waals surface area contributed by atoms with Gasteiger partial charge in [0.05, 0.1) is 0 Å². The lowest BCUT2D eigenvalue weighted by atomic mass is 10.0. The van der Waals surface area contributed by atoms with E-state index in [1.54, 1.807) is 0 Å². The molecule has 0 saturated carbocycles. The van der Waals surface area contributed by atoms with Crippen LogP contribution < -0.4 is 5.73 Å². The summed E-state index contributed by atoms with van der Waals surface area (Å²) in [5.41, 5.74) is 7.03. The number of benzene rings is 1. The molecule has 2 unspecified atom stereocenters. The molecule has 2 rings (SSSR count). The molecule has 1 aliphatic heterocycles. The molecule has 1 aromatic carbocycles. The monoisotopic (exact) mass is 308 g/mol. The fourth-order valence-corrected chi connectivity index (χ4v) is 2.71. The summed E-state index contributed by atoms with van der Waals surface area (Å²) in [4.78, 5) is 2.39. The van der Waals surface area contributed by atoms with Crippen LogP contribution >= 0.6 is 35.6 Å². The molecule has 0 aromatic heterocycles. The highest BCUT2D eigenvalue weighted by atomic mass is 35.5. The van der Waals surface area contributed by atoms with Crippen molar-refractivity contribution >= 4 is 35.6 Å². The van der Waals surface area contributed by atoms with E-state index in [2.05, 4.69) is 11.8 Å². The second kappa shape index (κ2) is 6.97. The molecule has 2 atom stereocenters. The Hall–Kier alpha value is 0.01000. The van der Waals surface area contributed by atoms with Crippen molar-refractivity contribution in [1.82, 2.24) is 4.90 Å². The van der Waals surface area contributed by atoms with Gasteiger partial charge in [0.15, 0.2) is 0 Å². The lowest BCUT2D eigenvalue weighted by Gasteiger charge is -2.18. The fraction of sp³-hybridized carbons (Fsp3) is 0.538. The third kappa shape index (κ3) is 4.01. The van der Waals surface area contributed by atoms with Gasteiger partial charge in [-0.2, -0.15) is 0 Å². The molecule has 18 heavy (non-hydrogen) atoms. The Kier molecular flexibility index (Phi) is 6.22. The smallest absolute Gasteiger partial charge is 0.0452 e. The van der Waals surface area contributed by atoms with E-state index in [-0.39, 0.29) is 18.4 Å². The number of hydrogen-bond donors (Lipinski definition) is 1. The normalized spacial score (nSPS) is 21.7. The van der Waals surface area contributed by atoms with Gasteiger partial charge in [-0.25, -0.2) is 0 Å². The Morgan fingerprint density at radius 3 is 2.78 bits per heavy atom. The number of nitrogens with two attached hydrogens (primary N) is 1. The maximum absolute atomic E-state index is 6.16. The summed E-state index contributed by atoms with van der Waals surface area (Å²) in [6.45, 7) is 5.10. The van der Waals surface area contributed by atoms with Crippen LogP contribution in [0.25, 0.3) is 0 Å². The summed E-state index contributed by atoms with van der Waals surface area (Å²) < 4.78 is 0. The van der Waals surface area contributed by atoms with Gasteiger partial charge in [-0.15, -0.1) is 12.4 Å². The number of rotatable bonds is 3. The standard InChI is InChI=1S/C13H18Cl2N2.ClH/c1-9(16)10-4-5-17(7-10)8-11-6-12(14)2-3-13(11)15;/h2-3,6,9-10H,4-5,7-8,16H2,1H3;1H. The molecule has 0 bridgehead atoms. The quantitative estimate of drug-likeness (QED) is 0.924. The van der Waals surface area contributed by atoms with Gasteiger partial charge in [0.1, 0.15) is 0 Å². The van der Waals surface area contributed by atoms with Crippen molar-refractivity contribution in [3.8, 4) is 0 Å². The van der Waals surface area contributed by atoms with Gasteiger partial charge in [0, 0.05) is 29.2 Å². The van der Waals surface area contributed by atoms with E-state index in [0.717, 1.165) is 35.2 Å². The van der Waals surface area contributed by atoms with E-state index in [9.17, 15) is 0 Å². The average Bonchev–Trinajstić information content (AvgIpc) is 2.72. The Bertz CT molecular complexity index is 396. The Morgan fingerprint density at radius 2 is 2.17 bits per heavy atom.